The summed E-state index contributed by atoms with van der Waals surface area (Å²) in [5.74, 6) is 2.18. The lowest BCUT2D eigenvalue weighted by molar-refractivity contribution is 0.453. The van der Waals surface area contributed by atoms with E-state index in [1.54, 1.807) is 0 Å². The molecule has 2 nitrogen and oxygen atoms in total. The van der Waals surface area contributed by atoms with Crippen LogP contribution in [0.3, 0.4) is 0 Å². The minimum absolute atomic E-state index is 0.201. The molecule has 1 aromatic heterocycles. The Bertz CT molecular complexity index is 374. The Hall–Kier alpha value is -0.790. The van der Waals surface area contributed by atoms with Gasteiger partial charge in [0.2, 0.25) is 0 Å². The number of aromatic nitrogens is 2. The van der Waals surface area contributed by atoms with Crippen LogP contribution in [-0.4, -0.2) is 9.97 Å². The summed E-state index contributed by atoms with van der Waals surface area (Å²) in [6.07, 6.45) is 3.55. The van der Waals surface area contributed by atoms with Crippen LogP contribution in [0.5, 0.6) is 0 Å². The van der Waals surface area contributed by atoms with Crippen LogP contribution in [0.15, 0.2) is 0 Å². The number of nitrogens with one attached hydrogen (secondary N) is 1. The quantitative estimate of drug-likeness (QED) is 0.745. The predicted octanol–water partition coefficient (Wildman–Crippen LogP) is 5.12. The second kappa shape index (κ2) is 5.90. The van der Waals surface area contributed by atoms with Crippen LogP contribution in [0.1, 0.15) is 96.8 Å². The molecule has 0 aliphatic heterocycles. The first-order valence-corrected chi connectivity index (χ1v) is 7.43. The number of nitrogens with zero attached hydrogens (tertiary/aromatic N) is 1. The molecule has 1 rings (SSSR count). The van der Waals surface area contributed by atoms with Crippen molar-refractivity contribution in [3.8, 4) is 0 Å². The van der Waals surface area contributed by atoms with Crippen molar-refractivity contribution in [3.05, 3.63) is 17.2 Å². The molecule has 0 radical (unpaired) electrons. The van der Waals surface area contributed by atoms with E-state index in [1.165, 1.54) is 30.1 Å². The second-order valence-electron chi connectivity index (χ2n) is 6.48. The smallest absolute Gasteiger partial charge is 0.109 e. The van der Waals surface area contributed by atoms with Gasteiger partial charge in [-0.2, -0.15) is 0 Å². The van der Waals surface area contributed by atoms with Gasteiger partial charge in [0.1, 0.15) is 5.82 Å². The second-order valence-corrected chi connectivity index (χ2v) is 6.48. The first-order chi connectivity index (χ1) is 8.33. The number of hydrogen-bond donors (Lipinski definition) is 1. The molecule has 0 aromatic carbocycles. The molecule has 104 valence electrons. The molecule has 1 unspecified atom stereocenters. The van der Waals surface area contributed by atoms with Crippen molar-refractivity contribution in [2.45, 2.75) is 85.0 Å². The molecule has 0 aliphatic carbocycles. The van der Waals surface area contributed by atoms with Crippen LogP contribution in [-0.2, 0) is 5.41 Å². The van der Waals surface area contributed by atoms with E-state index in [0.29, 0.717) is 11.8 Å². The van der Waals surface area contributed by atoms with Crippen LogP contribution in [0.4, 0.5) is 0 Å². The largest absolute Gasteiger partial charge is 0.345 e. The summed E-state index contributed by atoms with van der Waals surface area (Å²) in [5.41, 5.74) is 2.82. The molecule has 1 aromatic rings. The van der Waals surface area contributed by atoms with Crippen molar-refractivity contribution in [1.29, 1.82) is 0 Å². The zero-order valence-corrected chi connectivity index (χ0v) is 13.2. The van der Waals surface area contributed by atoms with Gasteiger partial charge in [-0.3, -0.25) is 0 Å². The van der Waals surface area contributed by atoms with Gasteiger partial charge < -0.3 is 4.98 Å². The van der Waals surface area contributed by atoms with Gasteiger partial charge in [0.05, 0.1) is 5.69 Å². The lowest BCUT2D eigenvalue weighted by Crippen LogP contribution is -2.20. The number of rotatable bonds is 6. The average Bonchev–Trinajstić information content (AvgIpc) is 2.73. The average molecular weight is 250 g/mol. The highest BCUT2D eigenvalue weighted by Gasteiger charge is 2.28. The standard InChI is InChI=1S/C16H30N2/c1-8-10-16(6,7)14-13(11(3)4)17-15(18-14)12(5)9-2/h11-12H,8-10H2,1-7H3,(H,17,18). The van der Waals surface area contributed by atoms with Crippen LogP contribution >= 0.6 is 0 Å². The predicted molar refractivity (Wildman–Crippen MR) is 79.3 cm³/mol. The van der Waals surface area contributed by atoms with Gasteiger partial charge in [-0.15, -0.1) is 0 Å². The number of hydrogen-bond acceptors (Lipinski definition) is 1. The zero-order chi connectivity index (χ0) is 13.9. The van der Waals surface area contributed by atoms with E-state index in [0.717, 1.165) is 6.42 Å². The maximum Gasteiger partial charge on any atom is 0.109 e. The van der Waals surface area contributed by atoms with Crippen molar-refractivity contribution in [3.63, 3.8) is 0 Å². The Morgan fingerprint density at radius 2 is 1.78 bits per heavy atom. The fourth-order valence-electron chi connectivity index (χ4n) is 2.52. The van der Waals surface area contributed by atoms with Crippen molar-refractivity contribution in [2.24, 2.45) is 0 Å². The summed E-state index contributed by atoms with van der Waals surface area (Å²) in [5, 5.41) is 0. The van der Waals surface area contributed by atoms with E-state index in [-0.39, 0.29) is 5.41 Å². The number of imidazole rings is 1. The molecule has 0 fully saturated rings. The Kier molecular flexibility index (Phi) is 5.01. The molecule has 0 amide bonds. The van der Waals surface area contributed by atoms with E-state index in [2.05, 4.69) is 53.5 Å². The molecule has 1 atom stereocenters. The minimum atomic E-state index is 0.201. The zero-order valence-electron chi connectivity index (χ0n) is 13.2. The molecule has 0 saturated heterocycles. The third-order valence-corrected chi connectivity index (χ3v) is 3.93. The third kappa shape index (κ3) is 3.15. The Labute approximate surface area is 113 Å². The Morgan fingerprint density at radius 1 is 1.17 bits per heavy atom. The SMILES string of the molecule is CCCC(C)(C)c1[nH]c(C(C)CC)nc1C(C)C. The van der Waals surface area contributed by atoms with Gasteiger partial charge in [-0.1, -0.05) is 54.9 Å². The minimum Gasteiger partial charge on any atom is -0.345 e. The fraction of sp³-hybridized carbons (Fsp3) is 0.812. The summed E-state index contributed by atoms with van der Waals surface area (Å²) < 4.78 is 0. The topological polar surface area (TPSA) is 28.7 Å². The maximum atomic E-state index is 4.87. The Balaban J connectivity index is 3.20. The van der Waals surface area contributed by atoms with Crippen LogP contribution in [0, 0.1) is 0 Å². The first-order valence-electron chi connectivity index (χ1n) is 7.43. The first kappa shape index (κ1) is 15.3. The van der Waals surface area contributed by atoms with Crippen molar-refractivity contribution in [2.75, 3.05) is 0 Å². The summed E-state index contributed by atoms with van der Waals surface area (Å²) >= 11 is 0. The lowest BCUT2D eigenvalue weighted by Gasteiger charge is -2.25. The molecular formula is C16H30N2. The van der Waals surface area contributed by atoms with E-state index in [9.17, 15) is 0 Å². The number of aromatic amines is 1. The van der Waals surface area contributed by atoms with Gasteiger partial charge in [0, 0.05) is 17.0 Å². The van der Waals surface area contributed by atoms with Crippen molar-refractivity contribution >= 4 is 0 Å². The Morgan fingerprint density at radius 3 is 2.22 bits per heavy atom. The maximum absolute atomic E-state index is 4.87. The third-order valence-electron chi connectivity index (χ3n) is 3.93. The van der Waals surface area contributed by atoms with Gasteiger partial charge in [-0.05, 0) is 18.8 Å². The molecule has 2 heteroatoms. The van der Waals surface area contributed by atoms with Crippen LogP contribution < -0.4 is 0 Å². The van der Waals surface area contributed by atoms with E-state index in [1.807, 2.05) is 0 Å². The van der Waals surface area contributed by atoms with Gasteiger partial charge >= 0.3 is 0 Å². The molecule has 0 bridgehead atoms. The van der Waals surface area contributed by atoms with Gasteiger partial charge in [0.15, 0.2) is 0 Å². The van der Waals surface area contributed by atoms with Gasteiger partial charge in [0.25, 0.3) is 0 Å². The fourth-order valence-corrected chi connectivity index (χ4v) is 2.52. The van der Waals surface area contributed by atoms with E-state index in [4.69, 9.17) is 4.98 Å². The van der Waals surface area contributed by atoms with Crippen molar-refractivity contribution < 1.29 is 0 Å². The molecule has 1 N–H and O–H groups in total. The summed E-state index contributed by atoms with van der Waals surface area (Å²) in [7, 11) is 0. The highest BCUT2D eigenvalue weighted by atomic mass is 15.0. The van der Waals surface area contributed by atoms with Gasteiger partial charge in [-0.25, -0.2) is 4.98 Å². The highest BCUT2D eigenvalue weighted by molar-refractivity contribution is 5.26. The summed E-state index contributed by atoms with van der Waals surface area (Å²) in [6.45, 7) is 15.9. The molecule has 0 saturated carbocycles. The van der Waals surface area contributed by atoms with E-state index >= 15 is 0 Å². The summed E-state index contributed by atoms with van der Waals surface area (Å²) in [6, 6.07) is 0. The normalized spacial score (nSPS) is 14.2. The van der Waals surface area contributed by atoms with E-state index < -0.39 is 0 Å². The summed E-state index contributed by atoms with van der Waals surface area (Å²) in [4.78, 5) is 8.50. The van der Waals surface area contributed by atoms with Crippen LogP contribution in [0.25, 0.3) is 0 Å². The molecular weight excluding hydrogens is 220 g/mol. The number of H-pyrrole nitrogens is 1. The molecule has 0 spiro atoms. The van der Waals surface area contributed by atoms with Crippen LogP contribution in [0.2, 0.25) is 0 Å². The molecule has 18 heavy (non-hydrogen) atoms. The van der Waals surface area contributed by atoms with Crippen molar-refractivity contribution in [1.82, 2.24) is 9.97 Å². The molecule has 0 aliphatic rings. The highest BCUT2D eigenvalue weighted by Crippen LogP contribution is 2.34. The molecule has 1 heterocycles. The monoisotopic (exact) mass is 250 g/mol. The lowest BCUT2D eigenvalue weighted by atomic mass is 9.82.